The molecule has 0 spiro atoms. The van der Waals surface area contributed by atoms with Crippen LogP contribution in [0.4, 0.5) is 5.69 Å². The van der Waals surface area contributed by atoms with E-state index in [0.29, 0.717) is 11.8 Å². The van der Waals surface area contributed by atoms with Crippen LogP contribution in [0.3, 0.4) is 0 Å². The number of aryl methyl sites for hydroxylation is 1. The van der Waals surface area contributed by atoms with E-state index in [0.717, 1.165) is 37.6 Å². The van der Waals surface area contributed by atoms with E-state index < -0.39 is 0 Å². The van der Waals surface area contributed by atoms with Crippen molar-refractivity contribution in [2.75, 3.05) is 31.1 Å². The Morgan fingerprint density at radius 1 is 1.22 bits per heavy atom. The molecule has 1 saturated heterocycles. The molecule has 1 N–H and O–H groups in total. The van der Waals surface area contributed by atoms with Crippen molar-refractivity contribution in [3.63, 3.8) is 0 Å². The number of rotatable bonds is 2. The van der Waals surface area contributed by atoms with E-state index in [1.165, 1.54) is 0 Å². The van der Waals surface area contributed by atoms with Gasteiger partial charge in [0.05, 0.1) is 11.9 Å². The summed E-state index contributed by atoms with van der Waals surface area (Å²) in [5.74, 6) is 1.03. The normalized spacial score (nSPS) is 15.9. The third-order valence-corrected chi connectivity index (χ3v) is 2.98. The summed E-state index contributed by atoms with van der Waals surface area (Å²) in [6, 6.07) is 3.97. The molecular formula is C12H15N5O. The Balaban J connectivity index is 1.80. The highest BCUT2D eigenvalue weighted by atomic mass is 16.4. The number of nitrogens with zero attached hydrogens (tertiary/aromatic N) is 4. The Labute approximate surface area is 105 Å². The lowest BCUT2D eigenvalue weighted by Gasteiger charge is -2.29. The van der Waals surface area contributed by atoms with Gasteiger partial charge in [0.15, 0.2) is 0 Å². The molecule has 94 valence electrons. The van der Waals surface area contributed by atoms with Crippen molar-refractivity contribution in [2.24, 2.45) is 0 Å². The van der Waals surface area contributed by atoms with Crippen molar-refractivity contribution in [1.29, 1.82) is 0 Å². The average molecular weight is 245 g/mol. The third kappa shape index (κ3) is 2.19. The van der Waals surface area contributed by atoms with Crippen LogP contribution in [0.2, 0.25) is 0 Å². The van der Waals surface area contributed by atoms with Crippen LogP contribution in [-0.4, -0.2) is 41.4 Å². The molecule has 0 atom stereocenters. The van der Waals surface area contributed by atoms with E-state index in [9.17, 15) is 0 Å². The summed E-state index contributed by atoms with van der Waals surface area (Å²) < 4.78 is 5.35. The fourth-order valence-corrected chi connectivity index (χ4v) is 2.02. The minimum Gasteiger partial charge on any atom is -0.420 e. The number of piperazine rings is 1. The zero-order chi connectivity index (χ0) is 12.4. The minimum atomic E-state index is 0.472. The maximum Gasteiger partial charge on any atom is 0.266 e. The second kappa shape index (κ2) is 4.73. The van der Waals surface area contributed by atoms with Gasteiger partial charge >= 0.3 is 0 Å². The molecule has 0 aromatic carbocycles. The summed E-state index contributed by atoms with van der Waals surface area (Å²) in [5, 5.41) is 11.1. The van der Waals surface area contributed by atoms with Crippen molar-refractivity contribution < 1.29 is 4.42 Å². The van der Waals surface area contributed by atoms with Gasteiger partial charge in [-0.1, -0.05) is 0 Å². The Hall–Kier alpha value is -1.95. The standard InChI is InChI=1S/C12H15N5O/c1-9-15-16-12(18-9)11-3-2-10(8-14-11)17-6-4-13-5-7-17/h2-3,8,13H,4-7H2,1H3. The number of hydrogen-bond donors (Lipinski definition) is 1. The van der Waals surface area contributed by atoms with E-state index in [2.05, 4.69) is 25.4 Å². The zero-order valence-electron chi connectivity index (χ0n) is 10.3. The third-order valence-electron chi connectivity index (χ3n) is 2.98. The SMILES string of the molecule is Cc1nnc(-c2ccc(N3CCNCC3)cn2)o1. The maximum absolute atomic E-state index is 5.35. The van der Waals surface area contributed by atoms with Gasteiger partial charge < -0.3 is 14.6 Å². The van der Waals surface area contributed by atoms with E-state index in [1.807, 2.05) is 18.3 Å². The van der Waals surface area contributed by atoms with Crippen molar-refractivity contribution >= 4 is 5.69 Å². The molecule has 1 aliphatic rings. The number of hydrogen-bond acceptors (Lipinski definition) is 6. The van der Waals surface area contributed by atoms with Gasteiger partial charge in [-0.25, -0.2) is 4.98 Å². The van der Waals surface area contributed by atoms with Gasteiger partial charge in [-0.2, -0.15) is 0 Å². The molecule has 3 heterocycles. The molecule has 1 aliphatic heterocycles. The quantitative estimate of drug-likeness (QED) is 0.846. The van der Waals surface area contributed by atoms with Gasteiger partial charge in [-0.05, 0) is 12.1 Å². The van der Waals surface area contributed by atoms with Gasteiger partial charge in [0.2, 0.25) is 5.89 Å². The molecule has 6 heteroatoms. The summed E-state index contributed by atoms with van der Waals surface area (Å²) in [5.41, 5.74) is 1.85. The van der Waals surface area contributed by atoms with Gasteiger partial charge in [0.1, 0.15) is 5.69 Å². The Bertz CT molecular complexity index is 516. The molecule has 0 saturated carbocycles. The van der Waals surface area contributed by atoms with Crippen molar-refractivity contribution in [3.8, 4) is 11.6 Å². The molecule has 0 aliphatic carbocycles. The lowest BCUT2D eigenvalue weighted by Crippen LogP contribution is -2.43. The van der Waals surface area contributed by atoms with E-state index in [1.54, 1.807) is 6.92 Å². The first-order valence-corrected chi connectivity index (χ1v) is 6.05. The second-order valence-electron chi connectivity index (χ2n) is 4.26. The van der Waals surface area contributed by atoms with Crippen LogP contribution < -0.4 is 10.2 Å². The Morgan fingerprint density at radius 3 is 2.67 bits per heavy atom. The average Bonchev–Trinajstić information content (AvgIpc) is 2.87. The number of nitrogens with one attached hydrogen (secondary N) is 1. The van der Waals surface area contributed by atoms with Crippen LogP contribution in [0.25, 0.3) is 11.6 Å². The molecule has 2 aromatic heterocycles. The monoisotopic (exact) mass is 245 g/mol. The summed E-state index contributed by atoms with van der Waals surface area (Å²) >= 11 is 0. The summed E-state index contributed by atoms with van der Waals surface area (Å²) in [7, 11) is 0. The molecule has 0 amide bonds. The highest BCUT2D eigenvalue weighted by molar-refractivity contribution is 5.53. The van der Waals surface area contributed by atoms with Gasteiger partial charge in [-0.15, -0.1) is 10.2 Å². The summed E-state index contributed by atoms with van der Waals surface area (Å²) in [6.45, 7) is 5.84. The van der Waals surface area contributed by atoms with Crippen molar-refractivity contribution in [1.82, 2.24) is 20.5 Å². The maximum atomic E-state index is 5.35. The summed E-state index contributed by atoms with van der Waals surface area (Å²) in [4.78, 5) is 6.69. The topological polar surface area (TPSA) is 67.1 Å². The smallest absolute Gasteiger partial charge is 0.266 e. The largest absolute Gasteiger partial charge is 0.420 e. The molecule has 2 aromatic rings. The molecule has 0 bridgehead atoms. The lowest BCUT2D eigenvalue weighted by molar-refractivity contribution is 0.531. The molecule has 18 heavy (non-hydrogen) atoms. The molecule has 0 radical (unpaired) electrons. The zero-order valence-corrected chi connectivity index (χ0v) is 10.3. The Morgan fingerprint density at radius 2 is 2.06 bits per heavy atom. The fourth-order valence-electron chi connectivity index (χ4n) is 2.02. The molecule has 3 rings (SSSR count). The van der Waals surface area contributed by atoms with E-state index in [4.69, 9.17) is 4.42 Å². The van der Waals surface area contributed by atoms with Crippen LogP contribution in [0, 0.1) is 6.92 Å². The first kappa shape index (κ1) is 11.2. The highest BCUT2D eigenvalue weighted by Gasteiger charge is 2.12. The first-order valence-electron chi connectivity index (χ1n) is 6.05. The second-order valence-corrected chi connectivity index (χ2v) is 4.26. The molecule has 1 fully saturated rings. The predicted molar refractivity (Wildman–Crippen MR) is 67.3 cm³/mol. The van der Waals surface area contributed by atoms with E-state index in [-0.39, 0.29) is 0 Å². The van der Waals surface area contributed by atoms with Crippen LogP contribution in [-0.2, 0) is 0 Å². The first-order chi connectivity index (χ1) is 8.83. The minimum absolute atomic E-state index is 0.472. The Kier molecular flexibility index (Phi) is 2.93. The van der Waals surface area contributed by atoms with Crippen LogP contribution in [0.15, 0.2) is 22.7 Å². The lowest BCUT2D eigenvalue weighted by atomic mass is 10.3. The molecule has 6 nitrogen and oxygen atoms in total. The van der Waals surface area contributed by atoms with Gasteiger partial charge in [-0.3, -0.25) is 0 Å². The van der Waals surface area contributed by atoms with Gasteiger partial charge in [0.25, 0.3) is 5.89 Å². The number of aromatic nitrogens is 3. The van der Waals surface area contributed by atoms with Crippen molar-refractivity contribution in [2.45, 2.75) is 6.92 Å². The predicted octanol–water partition coefficient (Wildman–Crippen LogP) is 0.850. The van der Waals surface area contributed by atoms with Crippen LogP contribution in [0.1, 0.15) is 5.89 Å². The number of pyridine rings is 1. The molecular weight excluding hydrogens is 230 g/mol. The number of anilines is 1. The van der Waals surface area contributed by atoms with Crippen LogP contribution >= 0.6 is 0 Å². The van der Waals surface area contributed by atoms with Gasteiger partial charge in [0, 0.05) is 33.1 Å². The molecule has 0 unspecified atom stereocenters. The fraction of sp³-hybridized carbons (Fsp3) is 0.417. The van der Waals surface area contributed by atoms with E-state index >= 15 is 0 Å². The van der Waals surface area contributed by atoms with Crippen molar-refractivity contribution in [3.05, 3.63) is 24.2 Å². The highest BCUT2D eigenvalue weighted by Crippen LogP contribution is 2.19. The van der Waals surface area contributed by atoms with Crippen LogP contribution in [0.5, 0.6) is 0 Å². The summed E-state index contributed by atoms with van der Waals surface area (Å²) in [6.07, 6.45) is 1.86.